The van der Waals surface area contributed by atoms with Gasteiger partial charge in [0.15, 0.2) is 5.82 Å². The Labute approximate surface area is 143 Å². The third kappa shape index (κ3) is 4.35. The largest absolute Gasteiger partial charge is 0.416 e. The van der Waals surface area contributed by atoms with E-state index < -0.39 is 23.4 Å². The van der Waals surface area contributed by atoms with Crippen LogP contribution in [-0.4, -0.2) is 43.8 Å². The van der Waals surface area contributed by atoms with Crippen LogP contribution in [0.3, 0.4) is 0 Å². The van der Waals surface area contributed by atoms with E-state index in [1.165, 1.54) is 10.9 Å². The Morgan fingerprint density at radius 2 is 2.08 bits per heavy atom. The standard InChI is InChI=1S/C16H20F3N5O/c1-15(2)10-24(9-14-20-22-23(3)21-14)8-13(25-15)11-5-4-6-12(7-11)16(17,18)19/h4-7,13H,8-10H2,1-3H3. The zero-order valence-electron chi connectivity index (χ0n) is 14.3. The van der Waals surface area contributed by atoms with E-state index in [1.807, 2.05) is 13.8 Å². The molecule has 25 heavy (non-hydrogen) atoms. The molecule has 2 heterocycles. The number of aromatic nitrogens is 4. The number of halogens is 3. The molecule has 136 valence electrons. The molecule has 0 aliphatic carbocycles. The van der Waals surface area contributed by atoms with Gasteiger partial charge in [-0.3, -0.25) is 4.90 Å². The fraction of sp³-hybridized carbons (Fsp3) is 0.562. The number of ether oxygens (including phenoxy) is 1. The maximum Gasteiger partial charge on any atom is 0.416 e. The number of tetrazole rings is 1. The Kier molecular flexibility index (Phi) is 4.54. The highest BCUT2D eigenvalue weighted by molar-refractivity contribution is 5.28. The first-order valence-corrected chi connectivity index (χ1v) is 7.93. The second-order valence-electron chi connectivity index (χ2n) is 6.85. The van der Waals surface area contributed by atoms with Gasteiger partial charge in [-0.2, -0.15) is 18.0 Å². The Bertz CT molecular complexity index is 743. The van der Waals surface area contributed by atoms with Gasteiger partial charge in [-0.05, 0) is 36.8 Å². The van der Waals surface area contributed by atoms with Crippen LogP contribution >= 0.6 is 0 Å². The molecule has 1 aliphatic rings. The number of hydrogen-bond donors (Lipinski definition) is 0. The van der Waals surface area contributed by atoms with Crippen LogP contribution in [0.2, 0.25) is 0 Å². The molecule has 1 atom stereocenters. The molecular weight excluding hydrogens is 335 g/mol. The fourth-order valence-corrected chi connectivity index (χ4v) is 3.09. The fourth-order valence-electron chi connectivity index (χ4n) is 3.09. The van der Waals surface area contributed by atoms with Gasteiger partial charge in [-0.25, -0.2) is 0 Å². The second-order valence-corrected chi connectivity index (χ2v) is 6.85. The van der Waals surface area contributed by atoms with E-state index in [9.17, 15) is 13.2 Å². The van der Waals surface area contributed by atoms with Gasteiger partial charge in [0, 0.05) is 13.1 Å². The average molecular weight is 355 g/mol. The summed E-state index contributed by atoms with van der Waals surface area (Å²) in [4.78, 5) is 3.46. The van der Waals surface area contributed by atoms with Crippen molar-refractivity contribution >= 4 is 0 Å². The zero-order valence-corrected chi connectivity index (χ0v) is 14.3. The molecule has 0 spiro atoms. The van der Waals surface area contributed by atoms with Crippen molar-refractivity contribution in [2.45, 2.75) is 38.3 Å². The van der Waals surface area contributed by atoms with E-state index in [4.69, 9.17) is 4.74 Å². The summed E-state index contributed by atoms with van der Waals surface area (Å²) < 4.78 is 45.0. The summed E-state index contributed by atoms with van der Waals surface area (Å²) in [5.74, 6) is 0.572. The Morgan fingerprint density at radius 3 is 2.72 bits per heavy atom. The first-order valence-electron chi connectivity index (χ1n) is 7.93. The van der Waals surface area contributed by atoms with Gasteiger partial charge in [-0.15, -0.1) is 10.2 Å². The summed E-state index contributed by atoms with van der Waals surface area (Å²) >= 11 is 0. The van der Waals surface area contributed by atoms with Crippen molar-refractivity contribution in [2.24, 2.45) is 7.05 Å². The van der Waals surface area contributed by atoms with E-state index in [0.29, 0.717) is 31.0 Å². The summed E-state index contributed by atoms with van der Waals surface area (Å²) in [7, 11) is 1.69. The van der Waals surface area contributed by atoms with Gasteiger partial charge in [0.05, 0.1) is 30.9 Å². The SMILES string of the molecule is Cn1nnc(CN2CC(c3cccc(C(F)(F)F)c3)OC(C)(C)C2)n1. The zero-order chi connectivity index (χ0) is 18.2. The Hall–Kier alpha value is -2.00. The van der Waals surface area contributed by atoms with E-state index in [-0.39, 0.29) is 0 Å². The highest BCUT2D eigenvalue weighted by Crippen LogP contribution is 2.35. The Balaban J connectivity index is 1.81. The molecule has 3 rings (SSSR count). The molecule has 9 heteroatoms. The van der Waals surface area contributed by atoms with E-state index in [2.05, 4.69) is 20.3 Å². The van der Waals surface area contributed by atoms with Crippen LogP contribution in [0.25, 0.3) is 0 Å². The minimum absolute atomic E-state index is 0.456. The molecule has 1 aromatic heterocycles. The van der Waals surface area contributed by atoms with Gasteiger partial charge in [-0.1, -0.05) is 12.1 Å². The summed E-state index contributed by atoms with van der Waals surface area (Å²) in [6, 6.07) is 5.31. The van der Waals surface area contributed by atoms with E-state index in [1.54, 1.807) is 13.1 Å². The summed E-state index contributed by atoms with van der Waals surface area (Å²) in [5.41, 5.74) is -0.654. The van der Waals surface area contributed by atoms with Gasteiger partial charge in [0.1, 0.15) is 0 Å². The van der Waals surface area contributed by atoms with Crippen LogP contribution < -0.4 is 0 Å². The van der Waals surface area contributed by atoms with Crippen molar-refractivity contribution in [1.82, 2.24) is 25.1 Å². The first kappa shape index (κ1) is 17.8. The summed E-state index contributed by atoms with van der Waals surface area (Å²) in [6.45, 7) is 5.40. The van der Waals surface area contributed by atoms with Crippen molar-refractivity contribution in [3.05, 3.63) is 41.2 Å². The molecule has 6 nitrogen and oxygen atoms in total. The number of benzene rings is 1. The van der Waals surface area contributed by atoms with Crippen molar-refractivity contribution in [2.75, 3.05) is 13.1 Å². The quantitative estimate of drug-likeness (QED) is 0.847. The molecule has 1 aromatic carbocycles. The maximum absolute atomic E-state index is 13.0. The topological polar surface area (TPSA) is 56.1 Å². The lowest BCUT2D eigenvalue weighted by molar-refractivity contribution is -0.143. The normalized spacial score (nSPS) is 21.4. The lowest BCUT2D eigenvalue weighted by Gasteiger charge is -2.42. The van der Waals surface area contributed by atoms with Crippen LogP contribution in [0.1, 0.15) is 36.9 Å². The minimum atomic E-state index is -4.37. The third-order valence-corrected chi connectivity index (χ3v) is 3.99. The summed E-state index contributed by atoms with van der Waals surface area (Å²) in [6.07, 6.45) is -4.83. The molecule has 1 aliphatic heterocycles. The Morgan fingerprint density at radius 1 is 1.32 bits per heavy atom. The third-order valence-electron chi connectivity index (χ3n) is 3.99. The molecule has 0 bridgehead atoms. The average Bonchev–Trinajstić information content (AvgIpc) is 2.90. The summed E-state index contributed by atoms with van der Waals surface area (Å²) in [5, 5.41) is 11.9. The van der Waals surface area contributed by atoms with Crippen molar-refractivity contribution < 1.29 is 17.9 Å². The lowest BCUT2D eigenvalue weighted by Crippen LogP contribution is -2.49. The van der Waals surface area contributed by atoms with Crippen LogP contribution in [-0.2, 0) is 24.5 Å². The highest BCUT2D eigenvalue weighted by Gasteiger charge is 2.36. The molecule has 0 saturated carbocycles. The molecule has 1 fully saturated rings. The van der Waals surface area contributed by atoms with Gasteiger partial charge < -0.3 is 4.74 Å². The molecule has 1 unspecified atom stereocenters. The monoisotopic (exact) mass is 355 g/mol. The molecule has 0 amide bonds. The number of hydrogen-bond acceptors (Lipinski definition) is 5. The smallest absolute Gasteiger partial charge is 0.365 e. The van der Waals surface area contributed by atoms with Crippen LogP contribution in [0.4, 0.5) is 13.2 Å². The lowest BCUT2D eigenvalue weighted by atomic mass is 9.99. The number of alkyl halides is 3. The van der Waals surface area contributed by atoms with Crippen LogP contribution in [0, 0.1) is 0 Å². The van der Waals surface area contributed by atoms with E-state index >= 15 is 0 Å². The predicted molar refractivity (Wildman–Crippen MR) is 83.4 cm³/mol. The van der Waals surface area contributed by atoms with E-state index in [0.717, 1.165) is 12.1 Å². The van der Waals surface area contributed by atoms with Crippen molar-refractivity contribution in [1.29, 1.82) is 0 Å². The number of morpholine rings is 1. The number of rotatable bonds is 3. The molecule has 0 N–H and O–H groups in total. The number of aryl methyl sites for hydroxylation is 1. The maximum atomic E-state index is 13.0. The molecule has 0 radical (unpaired) electrons. The van der Waals surface area contributed by atoms with Gasteiger partial charge in [0.25, 0.3) is 0 Å². The van der Waals surface area contributed by atoms with Crippen molar-refractivity contribution in [3.8, 4) is 0 Å². The molecule has 1 saturated heterocycles. The predicted octanol–water partition coefficient (Wildman–Crippen LogP) is 2.58. The van der Waals surface area contributed by atoms with Crippen LogP contribution in [0.5, 0.6) is 0 Å². The highest BCUT2D eigenvalue weighted by atomic mass is 19.4. The molecule has 2 aromatic rings. The second kappa shape index (κ2) is 6.38. The first-order chi connectivity index (χ1) is 11.6. The number of nitrogens with zero attached hydrogens (tertiary/aromatic N) is 5. The van der Waals surface area contributed by atoms with Gasteiger partial charge >= 0.3 is 6.18 Å². The molecular formula is C16H20F3N5O. The van der Waals surface area contributed by atoms with Crippen molar-refractivity contribution in [3.63, 3.8) is 0 Å². The van der Waals surface area contributed by atoms with Crippen LogP contribution in [0.15, 0.2) is 24.3 Å². The minimum Gasteiger partial charge on any atom is -0.365 e. The van der Waals surface area contributed by atoms with Gasteiger partial charge in [0.2, 0.25) is 0 Å².